The first kappa shape index (κ1) is 16.6. The maximum atomic E-state index is 12.9. The van der Waals surface area contributed by atoms with Crippen LogP contribution in [-0.2, 0) is 23.0 Å². The van der Waals surface area contributed by atoms with Crippen molar-refractivity contribution in [1.82, 2.24) is 4.31 Å². The highest BCUT2D eigenvalue weighted by Crippen LogP contribution is 2.28. The van der Waals surface area contributed by atoms with Crippen molar-refractivity contribution < 1.29 is 13.2 Å². The third kappa shape index (κ3) is 3.44. The predicted molar refractivity (Wildman–Crippen MR) is 97.1 cm³/mol. The molecule has 1 fully saturated rings. The highest BCUT2D eigenvalue weighted by Gasteiger charge is 2.28. The summed E-state index contributed by atoms with van der Waals surface area (Å²) in [6, 6.07) is 15.0. The van der Waals surface area contributed by atoms with E-state index in [1.54, 1.807) is 28.6 Å². The van der Waals surface area contributed by atoms with Crippen LogP contribution in [0.15, 0.2) is 53.4 Å². The Balaban J connectivity index is 1.50. The number of nitrogens with zero attached hydrogens (tertiary/aromatic N) is 1. The second-order valence-electron chi connectivity index (χ2n) is 6.85. The zero-order valence-electron chi connectivity index (χ0n) is 14.2. The van der Waals surface area contributed by atoms with Crippen LogP contribution in [0.3, 0.4) is 0 Å². The minimum Gasteiger partial charge on any atom is -0.490 e. The predicted octanol–water partition coefficient (Wildman–Crippen LogP) is 3.76. The van der Waals surface area contributed by atoms with Crippen molar-refractivity contribution in [3.8, 4) is 5.75 Å². The van der Waals surface area contributed by atoms with Crippen LogP contribution in [0.1, 0.15) is 36.8 Å². The molecule has 0 N–H and O–H groups in total. The zero-order valence-corrected chi connectivity index (χ0v) is 15.0. The quantitative estimate of drug-likeness (QED) is 0.837. The fourth-order valence-electron chi connectivity index (χ4n) is 3.71. The number of ether oxygens (including phenoxy) is 1. The van der Waals surface area contributed by atoms with Crippen LogP contribution in [0.25, 0.3) is 0 Å². The van der Waals surface area contributed by atoms with Crippen LogP contribution in [0.5, 0.6) is 5.75 Å². The van der Waals surface area contributed by atoms with Crippen LogP contribution in [-0.4, -0.2) is 25.4 Å². The SMILES string of the molecule is O=S(=O)(c1ccc(OC2CCCC2)cc1)N1CCc2ccccc2C1. The summed E-state index contributed by atoms with van der Waals surface area (Å²) >= 11 is 0. The van der Waals surface area contributed by atoms with Gasteiger partial charge in [-0.15, -0.1) is 0 Å². The molecule has 132 valence electrons. The first-order valence-electron chi connectivity index (χ1n) is 8.96. The number of fused-ring (bicyclic) bond motifs is 1. The Labute approximate surface area is 149 Å². The van der Waals surface area contributed by atoms with Crippen LogP contribution in [0, 0.1) is 0 Å². The Hall–Kier alpha value is -1.85. The zero-order chi connectivity index (χ0) is 17.3. The highest BCUT2D eigenvalue weighted by atomic mass is 32.2. The van der Waals surface area contributed by atoms with Gasteiger partial charge in [0.05, 0.1) is 11.0 Å². The van der Waals surface area contributed by atoms with E-state index in [1.807, 2.05) is 18.2 Å². The van der Waals surface area contributed by atoms with Crippen molar-refractivity contribution in [3.63, 3.8) is 0 Å². The van der Waals surface area contributed by atoms with Gasteiger partial charge in [-0.25, -0.2) is 8.42 Å². The lowest BCUT2D eigenvalue weighted by Crippen LogP contribution is -2.35. The van der Waals surface area contributed by atoms with Crippen LogP contribution >= 0.6 is 0 Å². The number of hydrogen-bond acceptors (Lipinski definition) is 3. The van der Waals surface area contributed by atoms with Gasteiger partial charge in [0.1, 0.15) is 5.75 Å². The Bertz CT molecular complexity index is 839. The maximum absolute atomic E-state index is 12.9. The highest BCUT2D eigenvalue weighted by molar-refractivity contribution is 7.89. The number of rotatable bonds is 4. The molecule has 0 atom stereocenters. The molecule has 0 spiro atoms. The molecule has 1 aliphatic heterocycles. The van der Waals surface area contributed by atoms with Gasteiger partial charge in [0.15, 0.2) is 0 Å². The maximum Gasteiger partial charge on any atom is 0.243 e. The molecule has 1 saturated carbocycles. The van der Waals surface area contributed by atoms with Crippen molar-refractivity contribution in [2.24, 2.45) is 0 Å². The minimum absolute atomic E-state index is 0.279. The van der Waals surface area contributed by atoms with Crippen LogP contribution in [0.4, 0.5) is 0 Å². The van der Waals surface area contributed by atoms with E-state index < -0.39 is 10.0 Å². The average Bonchev–Trinajstić information content (AvgIpc) is 3.15. The Morgan fingerprint density at radius 3 is 2.32 bits per heavy atom. The van der Waals surface area contributed by atoms with Gasteiger partial charge in [-0.05, 0) is 67.5 Å². The lowest BCUT2D eigenvalue weighted by molar-refractivity contribution is 0.210. The topological polar surface area (TPSA) is 46.6 Å². The molecule has 0 unspecified atom stereocenters. The summed E-state index contributed by atoms with van der Waals surface area (Å²) in [6.45, 7) is 0.971. The molecule has 4 rings (SSSR count). The van der Waals surface area contributed by atoms with Crippen molar-refractivity contribution in [2.75, 3.05) is 6.54 Å². The second-order valence-corrected chi connectivity index (χ2v) is 8.79. The molecule has 0 aromatic heterocycles. The summed E-state index contributed by atoms with van der Waals surface area (Å²) < 4.78 is 33.4. The van der Waals surface area contributed by atoms with E-state index in [2.05, 4.69) is 6.07 Å². The van der Waals surface area contributed by atoms with Gasteiger partial charge < -0.3 is 4.74 Å². The lowest BCUT2D eigenvalue weighted by Gasteiger charge is -2.28. The molecule has 1 heterocycles. The van der Waals surface area contributed by atoms with E-state index in [1.165, 1.54) is 18.4 Å². The molecule has 0 bridgehead atoms. The van der Waals surface area contributed by atoms with Crippen LogP contribution < -0.4 is 4.74 Å². The van der Waals surface area contributed by atoms with Gasteiger partial charge >= 0.3 is 0 Å². The molecule has 4 nitrogen and oxygen atoms in total. The van der Waals surface area contributed by atoms with Gasteiger partial charge in [-0.3, -0.25) is 0 Å². The molecular weight excluding hydrogens is 334 g/mol. The lowest BCUT2D eigenvalue weighted by atomic mass is 10.0. The van der Waals surface area contributed by atoms with E-state index in [0.717, 1.165) is 30.6 Å². The van der Waals surface area contributed by atoms with E-state index in [9.17, 15) is 8.42 Å². The molecule has 2 aliphatic rings. The molecular formula is C20H23NO3S. The van der Waals surface area contributed by atoms with Crippen molar-refractivity contribution in [1.29, 1.82) is 0 Å². The number of benzene rings is 2. The summed E-state index contributed by atoms with van der Waals surface area (Å²) in [6.07, 6.45) is 5.65. The van der Waals surface area contributed by atoms with E-state index in [4.69, 9.17) is 4.74 Å². The number of hydrogen-bond donors (Lipinski definition) is 0. The molecule has 2 aromatic rings. The smallest absolute Gasteiger partial charge is 0.243 e. The first-order chi connectivity index (χ1) is 12.1. The molecule has 25 heavy (non-hydrogen) atoms. The molecule has 2 aromatic carbocycles. The Morgan fingerprint density at radius 2 is 1.60 bits per heavy atom. The molecule has 1 aliphatic carbocycles. The van der Waals surface area contributed by atoms with Gasteiger partial charge in [0.2, 0.25) is 10.0 Å². The van der Waals surface area contributed by atoms with E-state index in [-0.39, 0.29) is 6.10 Å². The molecule has 5 heteroatoms. The third-order valence-electron chi connectivity index (χ3n) is 5.16. The first-order valence-corrected chi connectivity index (χ1v) is 10.4. The summed E-state index contributed by atoms with van der Waals surface area (Å²) in [5, 5.41) is 0. The van der Waals surface area contributed by atoms with E-state index >= 15 is 0 Å². The van der Waals surface area contributed by atoms with Gasteiger partial charge in [-0.2, -0.15) is 4.31 Å². The summed E-state index contributed by atoms with van der Waals surface area (Å²) in [5.74, 6) is 0.759. The summed E-state index contributed by atoms with van der Waals surface area (Å²) in [4.78, 5) is 0.339. The Morgan fingerprint density at radius 1 is 0.920 bits per heavy atom. The Kier molecular flexibility index (Phi) is 4.52. The van der Waals surface area contributed by atoms with Crippen molar-refractivity contribution in [2.45, 2.75) is 49.6 Å². The summed E-state index contributed by atoms with van der Waals surface area (Å²) in [5.41, 5.74) is 2.34. The van der Waals surface area contributed by atoms with Gasteiger partial charge in [-0.1, -0.05) is 24.3 Å². The van der Waals surface area contributed by atoms with Crippen LogP contribution in [0.2, 0.25) is 0 Å². The third-order valence-corrected chi connectivity index (χ3v) is 7.02. The summed E-state index contributed by atoms with van der Waals surface area (Å²) in [7, 11) is -3.47. The molecule has 0 saturated heterocycles. The van der Waals surface area contributed by atoms with E-state index in [0.29, 0.717) is 18.0 Å². The minimum atomic E-state index is -3.47. The number of sulfonamides is 1. The molecule has 0 amide bonds. The van der Waals surface area contributed by atoms with Gasteiger partial charge in [0, 0.05) is 13.1 Å². The fourth-order valence-corrected chi connectivity index (χ4v) is 5.13. The van der Waals surface area contributed by atoms with Crippen molar-refractivity contribution in [3.05, 3.63) is 59.7 Å². The molecule has 0 radical (unpaired) electrons. The average molecular weight is 357 g/mol. The second kappa shape index (κ2) is 6.81. The normalized spacial score (nSPS) is 18.9. The van der Waals surface area contributed by atoms with Crippen molar-refractivity contribution >= 4 is 10.0 Å². The fraction of sp³-hybridized carbons (Fsp3) is 0.400. The van der Waals surface area contributed by atoms with Gasteiger partial charge in [0.25, 0.3) is 0 Å². The largest absolute Gasteiger partial charge is 0.490 e. The standard InChI is InChI=1S/C20H23NO3S/c22-25(23,21-14-13-16-5-1-2-6-17(16)15-21)20-11-9-19(10-12-20)24-18-7-3-4-8-18/h1-2,5-6,9-12,18H,3-4,7-8,13-15H2. The monoisotopic (exact) mass is 357 g/mol.